The minimum atomic E-state index is -4.81. The summed E-state index contributed by atoms with van der Waals surface area (Å²) in [7, 11) is 0. The number of halogens is 4. The Labute approximate surface area is 167 Å². The summed E-state index contributed by atoms with van der Waals surface area (Å²) >= 11 is 0. The number of carbonyl (C=O) groups excluding carboxylic acids is 1. The quantitative estimate of drug-likeness (QED) is 0.484. The molecule has 7 nitrogen and oxygen atoms in total. The van der Waals surface area contributed by atoms with Crippen LogP contribution in [-0.2, 0) is 30.6 Å². The molecular weight excluding hydrogens is 404 g/mol. The summed E-state index contributed by atoms with van der Waals surface area (Å²) in [6.07, 6.45) is -3.53. The number of pyridine rings is 1. The molecule has 1 aromatic carbocycles. The summed E-state index contributed by atoms with van der Waals surface area (Å²) < 4.78 is 54.3. The molecule has 0 aliphatic carbocycles. The van der Waals surface area contributed by atoms with Crippen LogP contribution in [0.5, 0.6) is 0 Å². The van der Waals surface area contributed by atoms with Crippen molar-refractivity contribution in [2.45, 2.75) is 25.8 Å². The number of rotatable bonds is 3. The molecule has 1 amide bonds. The van der Waals surface area contributed by atoms with Crippen LogP contribution in [0.3, 0.4) is 0 Å². The standard InChI is InChI=1S/C19H12F4N6O/c20-15-4-3-14(18(26-15)19(21,22)23)11-1-2-12-7-28(8-13(12)5-11)17(30)9-29-10-25-16(6-24)27-29/h1-5,10H,7-9H2. The highest BCUT2D eigenvalue weighted by molar-refractivity contribution is 5.77. The molecular formula is C19H12F4N6O. The molecule has 1 aliphatic heterocycles. The lowest BCUT2D eigenvalue weighted by Crippen LogP contribution is -2.29. The van der Waals surface area contributed by atoms with Gasteiger partial charge in [-0.25, -0.2) is 14.6 Å². The summed E-state index contributed by atoms with van der Waals surface area (Å²) in [6, 6.07) is 8.38. The van der Waals surface area contributed by atoms with E-state index in [1.807, 2.05) is 0 Å². The second-order valence-corrected chi connectivity index (χ2v) is 6.64. The van der Waals surface area contributed by atoms with E-state index in [-0.39, 0.29) is 35.9 Å². The first-order valence-electron chi connectivity index (χ1n) is 8.68. The lowest BCUT2D eigenvalue weighted by Gasteiger charge is -2.15. The predicted molar refractivity (Wildman–Crippen MR) is 93.6 cm³/mol. The lowest BCUT2D eigenvalue weighted by atomic mass is 9.99. The van der Waals surface area contributed by atoms with E-state index < -0.39 is 17.8 Å². The maximum atomic E-state index is 13.3. The van der Waals surface area contributed by atoms with Crippen molar-refractivity contribution in [3.05, 3.63) is 65.3 Å². The van der Waals surface area contributed by atoms with E-state index in [0.717, 1.165) is 17.7 Å². The molecule has 4 rings (SSSR count). The van der Waals surface area contributed by atoms with Crippen molar-refractivity contribution < 1.29 is 22.4 Å². The smallest absolute Gasteiger partial charge is 0.332 e. The van der Waals surface area contributed by atoms with Gasteiger partial charge in [0, 0.05) is 18.7 Å². The largest absolute Gasteiger partial charge is 0.434 e. The van der Waals surface area contributed by atoms with Crippen molar-refractivity contribution in [1.29, 1.82) is 5.26 Å². The number of fused-ring (bicyclic) bond motifs is 1. The van der Waals surface area contributed by atoms with E-state index in [4.69, 9.17) is 5.26 Å². The average molecular weight is 416 g/mol. The van der Waals surface area contributed by atoms with Gasteiger partial charge in [0.2, 0.25) is 11.9 Å². The number of amides is 1. The van der Waals surface area contributed by atoms with E-state index in [1.165, 1.54) is 22.0 Å². The molecule has 3 aromatic rings. The number of nitrogens with zero attached hydrogens (tertiary/aromatic N) is 6. The second kappa shape index (κ2) is 7.22. The van der Waals surface area contributed by atoms with Gasteiger partial charge in [-0.1, -0.05) is 12.1 Å². The first kappa shape index (κ1) is 19.5. The van der Waals surface area contributed by atoms with Crippen LogP contribution in [-0.4, -0.2) is 30.6 Å². The maximum absolute atomic E-state index is 13.3. The molecule has 0 fully saturated rings. The van der Waals surface area contributed by atoms with Crippen molar-refractivity contribution in [3.63, 3.8) is 0 Å². The molecule has 3 heterocycles. The van der Waals surface area contributed by atoms with Gasteiger partial charge in [0.25, 0.3) is 5.82 Å². The van der Waals surface area contributed by atoms with E-state index >= 15 is 0 Å². The SMILES string of the molecule is N#Cc1ncn(CC(=O)N2Cc3ccc(-c4ccc(F)nc4C(F)(F)F)cc3C2)n1. The molecule has 0 saturated heterocycles. The van der Waals surface area contributed by atoms with Gasteiger partial charge in [-0.05, 0) is 34.9 Å². The average Bonchev–Trinajstić information content (AvgIpc) is 3.33. The summed E-state index contributed by atoms with van der Waals surface area (Å²) in [5, 5.41) is 12.6. The Hall–Kier alpha value is -3.81. The third-order valence-corrected chi connectivity index (χ3v) is 4.66. The Balaban J connectivity index is 1.57. The van der Waals surface area contributed by atoms with Gasteiger partial charge in [-0.3, -0.25) is 4.79 Å². The van der Waals surface area contributed by atoms with Crippen LogP contribution in [0.15, 0.2) is 36.7 Å². The highest BCUT2D eigenvalue weighted by Crippen LogP contribution is 2.37. The first-order valence-corrected chi connectivity index (χ1v) is 8.68. The first-order chi connectivity index (χ1) is 14.2. The van der Waals surface area contributed by atoms with Crippen LogP contribution < -0.4 is 0 Å². The topological polar surface area (TPSA) is 87.7 Å². The van der Waals surface area contributed by atoms with Crippen molar-refractivity contribution in [2.24, 2.45) is 0 Å². The van der Waals surface area contributed by atoms with Crippen LogP contribution in [0.25, 0.3) is 11.1 Å². The minimum Gasteiger partial charge on any atom is -0.332 e. The van der Waals surface area contributed by atoms with Gasteiger partial charge < -0.3 is 4.90 Å². The summed E-state index contributed by atoms with van der Waals surface area (Å²) in [5.41, 5.74) is 0.190. The Morgan fingerprint density at radius 1 is 1.17 bits per heavy atom. The number of alkyl halides is 3. The minimum absolute atomic E-state index is 0.0504. The van der Waals surface area contributed by atoms with Crippen LogP contribution in [0.4, 0.5) is 17.6 Å². The zero-order valence-electron chi connectivity index (χ0n) is 15.2. The third-order valence-electron chi connectivity index (χ3n) is 4.66. The van der Waals surface area contributed by atoms with Crippen molar-refractivity contribution in [1.82, 2.24) is 24.6 Å². The van der Waals surface area contributed by atoms with E-state index in [9.17, 15) is 22.4 Å². The van der Waals surface area contributed by atoms with Crippen LogP contribution in [0.1, 0.15) is 22.6 Å². The zero-order chi connectivity index (χ0) is 21.5. The Morgan fingerprint density at radius 3 is 2.63 bits per heavy atom. The van der Waals surface area contributed by atoms with Gasteiger partial charge in [0.1, 0.15) is 18.9 Å². The molecule has 30 heavy (non-hydrogen) atoms. The monoisotopic (exact) mass is 416 g/mol. The lowest BCUT2D eigenvalue weighted by molar-refractivity contribution is -0.141. The number of carbonyl (C=O) groups is 1. The summed E-state index contributed by atoms with van der Waals surface area (Å²) in [5.74, 6) is -1.54. The molecule has 0 unspecified atom stereocenters. The molecule has 0 atom stereocenters. The molecule has 2 aromatic heterocycles. The number of hydrogen-bond acceptors (Lipinski definition) is 5. The number of hydrogen-bond donors (Lipinski definition) is 0. The van der Waals surface area contributed by atoms with E-state index in [1.54, 1.807) is 18.2 Å². The molecule has 11 heteroatoms. The molecule has 0 radical (unpaired) electrons. The molecule has 0 bridgehead atoms. The molecule has 1 aliphatic rings. The fraction of sp³-hybridized carbons (Fsp3) is 0.211. The van der Waals surface area contributed by atoms with Crippen molar-refractivity contribution >= 4 is 5.91 Å². The highest BCUT2D eigenvalue weighted by atomic mass is 19.4. The van der Waals surface area contributed by atoms with Crippen LogP contribution >= 0.6 is 0 Å². The highest BCUT2D eigenvalue weighted by Gasteiger charge is 2.36. The predicted octanol–water partition coefficient (Wildman–Crippen LogP) is 2.91. The Bertz CT molecular complexity index is 1180. The van der Waals surface area contributed by atoms with Crippen molar-refractivity contribution in [2.75, 3.05) is 0 Å². The maximum Gasteiger partial charge on any atom is 0.434 e. The van der Waals surface area contributed by atoms with Crippen LogP contribution in [0, 0.1) is 17.3 Å². The van der Waals surface area contributed by atoms with Gasteiger partial charge in [0.05, 0.1) is 0 Å². The molecule has 152 valence electrons. The van der Waals surface area contributed by atoms with E-state index in [2.05, 4.69) is 15.1 Å². The van der Waals surface area contributed by atoms with Crippen LogP contribution in [0.2, 0.25) is 0 Å². The third kappa shape index (κ3) is 3.71. The van der Waals surface area contributed by atoms with Gasteiger partial charge in [-0.2, -0.15) is 22.8 Å². The summed E-state index contributed by atoms with van der Waals surface area (Å²) in [4.78, 5) is 20.8. The van der Waals surface area contributed by atoms with Gasteiger partial charge in [-0.15, -0.1) is 5.10 Å². The molecule has 0 spiro atoms. The number of aromatic nitrogens is 4. The molecule has 0 N–H and O–H groups in total. The van der Waals surface area contributed by atoms with Gasteiger partial charge >= 0.3 is 6.18 Å². The van der Waals surface area contributed by atoms with E-state index in [0.29, 0.717) is 12.1 Å². The summed E-state index contributed by atoms with van der Waals surface area (Å²) in [6.45, 7) is 0.384. The zero-order valence-corrected chi connectivity index (χ0v) is 15.2. The van der Waals surface area contributed by atoms with Gasteiger partial charge in [0.15, 0.2) is 5.69 Å². The number of nitriles is 1. The Kier molecular flexibility index (Phi) is 4.69. The number of benzene rings is 1. The molecule has 0 saturated carbocycles. The fourth-order valence-corrected chi connectivity index (χ4v) is 3.28. The second-order valence-electron chi connectivity index (χ2n) is 6.64. The normalized spacial score (nSPS) is 13.2. The fourth-order valence-electron chi connectivity index (χ4n) is 3.28. The Morgan fingerprint density at radius 2 is 1.93 bits per heavy atom. The van der Waals surface area contributed by atoms with Crippen molar-refractivity contribution in [3.8, 4) is 17.2 Å².